The van der Waals surface area contributed by atoms with E-state index in [1.54, 1.807) is 26.2 Å². The van der Waals surface area contributed by atoms with E-state index in [2.05, 4.69) is 4.74 Å². The number of methoxy groups -OCH3 is 2. The summed E-state index contributed by atoms with van der Waals surface area (Å²) in [4.78, 5) is 24.0. The van der Waals surface area contributed by atoms with E-state index < -0.39 is 11.9 Å². The van der Waals surface area contributed by atoms with E-state index in [0.717, 1.165) is 16.9 Å². The van der Waals surface area contributed by atoms with E-state index in [9.17, 15) is 9.59 Å². The highest BCUT2D eigenvalue weighted by atomic mass is 16.5. The minimum absolute atomic E-state index is 0.197. The normalized spacial score (nSPS) is 11.8. The van der Waals surface area contributed by atoms with Crippen molar-refractivity contribution in [1.29, 1.82) is 0 Å². The van der Waals surface area contributed by atoms with Gasteiger partial charge < -0.3 is 9.47 Å². The first-order chi connectivity index (χ1) is 8.97. The van der Waals surface area contributed by atoms with Crippen LogP contribution in [0.15, 0.2) is 12.1 Å². The summed E-state index contributed by atoms with van der Waals surface area (Å²) >= 11 is 0. The third-order valence-corrected chi connectivity index (χ3v) is 3.43. The molecule has 0 fully saturated rings. The summed E-state index contributed by atoms with van der Waals surface area (Å²) in [5, 5.41) is 0. The van der Waals surface area contributed by atoms with Crippen LogP contribution < -0.4 is 4.74 Å². The molecule has 0 heterocycles. The number of hydrogen-bond donors (Lipinski definition) is 0. The predicted octanol–water partition coefficient (Wildman–Crippen LogP) is 2.69. The number of hydrogen-bond acceptors (Lipinski definition) is 4. The SMILES string of the molecule is CCC(C(=O)OC)C(=O)c1ccc(OC)c(C)c1C. The molecule has 0 aromatic heterocycles. The molecule has 1 aromatic rings. The molecule has 104 valence electrons. The van der Waals surface area contributed by atoms with Crippen molar-refractivity contribution in [3.63, 3.8) is 0 Å². The Balaban J connectivity index is 3.19. The maximum Gasteiger partial charge on any atom is 0.316 e. The lowest BCUT2D eigenvalue weighted by atomic mass is 9.90. The summed E-state index contributed by atoms with van der Waals surface area (Å²) in [5.41, 5.74) is 2.30. The molecule has 1 aromatic carbocycles. The molecule has 4 nitrogen and oxygen atoms in total. The number of benzene rings is 1. The quantitative estimate of drug-likeness (QED) is 0.466. The summed E-state index contributed by atoms with van der Waals surface area (Å²) in [6.45, 7) is 5.55. The molecule has 0 saturated carbocycles. The average molecular weight is 264 g/mol. The molecule has 0 amide bonds. The Morgan fingerprint density at radius 3 is 2.26 bits per heavy atom. The zero-order valence-corrected chi connectivity index (χ0v) is 12.1. The van der Waals surface area contributed by atoms with E-state index in [1.165, 1.54) is 7.11 Å². The number of carbonyl (C=O) groups excluding carboxylic acids is 2. The number of rotatable bonds is 5. The highest BCUT2D eigenvalue weighted by Crippen LogP contribution is 2.26. The lowest BCUT2D eigenvalue weighted by Gasteiger charge is -2.15. The molecule has 19 heavy (non-hydrogen) atoms. The largest absolute Gasteiger partial charge is 0.496 e. The van der Waals surface area contributed by atoms with Crippen LogP contribution in [0.5, 0.6) is 5.75 Å². The molecular formula is C15H20O4. The lowest BCUT2D eigenvalue weighted by Crippen LogP contribution is -2.25. The van der Waals surface area contributed by atoms with Gasteiger partial charge in [-0.2, -0.15) is 0 Å². The van der Waals surface area contributed by atoms with Crippen molar-refractivity contribution >= 4 is 11.8 Å². The van der Waals surface area contributed by atoms with Crippen LogP contribution in [0.1, 0.15) is 34.8 Å². The van der Waals surface area contributed by atoms with Gasteiger partial charge in [0.25, 0.3) is 0 Å². The van der Waals surface area contributed by atoms with Crippen molar-refractivity contribution in [2.75, 3.05) is 14.2 Å². The fraction of sp³-hybridized carbons (Fsp3) is 0.467. The number of ketones is 1. The summed E-state index contributed by atoms with van der Waals surface area (Å²) < 4.78 is 9.89. The Hall–Kier alpha value is -1.84. The molecule has 1 rings (SSSR count). The van der Waals surface area contributed by atoms with Gasteiger partial charge in [0.05, 0.1) is 14.2 Å². The van der Waals surface area contributed by atoms with Crippen LogP contribution in [0, 0.1) is 19.8 Å². The third-order valence-electron chi connectivity index (χ3n) is 3.43. The molecule has 0 N–H and O–H groups in total. The number of esters is 1. The molecule has 0 spiro atoms. The molecule has 4 heteroatoms. The first kappa shape index (κ1) is 15.2. The standard InChI is InChI=1S/C15H20O4/c1-6-11(15(17)19-5)14(16)12-7-8-13(18-4)10(3)9(12)2/h7-8,11H,6H2,1-5H3. The molecule has 0 bridgehead atoms. The number of Topliss-reactive ketones (excluding diaryl/α,β-unsaturated/α-hetero) is 1. The molecule has 1 atom stereocenters. The topological polar surface area (TPSA) is 52.6 Å². The second kappa shape index (κ2) is 6.36. The summed E-state index contributed by atoms with van der Waals surface area (Å²) in [6, 6.07) is 3.45. The van der Waals surface area contributed by atoms with Gasteiger partial charge in [-0.1, -0.05) is 6.92 Å². The number of carbonyl (C=O) groups is 2. The van der Waals surface area contributed by atoms with Gasteiger partial charge in [-0.05, 0) is 43.5 Å². The van der Waals surface area contributed by atoms with Crippen LogP contribution in [0.4, 0.5) is 0 Å². The Kier molecular flexibility index (Phi) is 5.10. The van der Waals surface area contributed by atoms with Crippen molar-refractivity contribution in [2.45, 2.75) is 27.2 Å². The van der Waals surface area contributed by atoms with Gasteiger partial charge in [-0.3, -0.25) is 9.59 Å². The Labute approximate surface area is 113 Å². The lowest BCUT2D eigenvalue weighted by molar-refractivity contribution is -0.143. The fourth-order valence-electron chi connectivity index (χ4n) is 2.07. The van der Waals surface area contributed by atoms with Crippen LogP contribution in [0.2, 0.25) is 0 Å². The van der Waals surface area contributed by atoms with Crippen LogP contribution in [-0.2, 0) is 9.53 Å². The molecule has 0 aliphatic carbocycles. The highest BCUT2D eigenvalue weighted by Gasteiger charge is 2.28. The molecule has 0 saturated heterocycles. The zero-order chi connectivity index (χ0) is 14.6. The van der Waals surface area contributed by atoms with Crippen molar-refractivity contribution in [3.05, 3.63) is 28.8 Å². The van der Waals surface area contributed by atoms with Crippen LogP contribution in [-0.4, -0.2) is 26.0 Å². The van der Waals surface area contributed by atoms with Crippen LogP contribution >= 0.6 is 0 Å². The maximum atomic E-state index is 12.4. The van der Waals surface area contributed by atoms with Gasteiger partial charge in [-0.25, -0.2) is 0 Å². The second-order valence-electron chi connectivity index (χ2n) is 4.41. The smallest absolute Gasteiger partial charge is 0.316 e. The predicted molar refractivity (Wildman–Crippen MR) is 72.6 cm³/mol. The molecule has 0 radical (unpaired) electrons. The fourth-order valence-corrected chi connectivity index (χ4v) is 2.07. The van der Waals surface area contributed by atoms with Gasteiger partial charge >= 0.3 is 5.97 Å². The van der Waals surface area contributed by atoms with Gasteiger partial charge in [-0.15, -0.1) is 0 Å². The van der Waals surface area contributed by atoms with Crippen molar-refractivity contribution in [3.8, 4) is 5.75 Å². The van der Waals surface area contributed by atoms with E-state index in [1.807, 2.05) is 13.8 Å². The monoisotopic (exact) mass is 264 g/mol. The van der Waals surface area contributed by atoms with Crippen molar-refractivity contribution in [2.24, 2.45) is 5.92 Å². The van der Waals surface area contributed by atoms with Gasteiger partial charge in [0.1, 0.15) is 11.7 Å². The average Bonchev–Trinajstić information content (AvgIpc) is 2.42. The number of ether oxygens (including phenoxy) is 2. The van der Waals surface area contributed by atoms with Gasteiger partial charge in [0.15, 0.2) is 5.78 Å². The molecular weight excluding hydrogens is 244 g/mol. The summed E-state index contributed by atoms with van der Waals surface area (Å²) in [6.07, 6.45) is 0.427. The Bertz CT molecular complexity index is 491. The van der Waals surface area contributed by atoms with Crippen LogP contribution in [0.25, 0.3) is 0 Å². The highest BCUT2D eigenvalue weighted by molar-refractivity contribution is 6.09. The summed E-state index contributed by atoms with van der Waals surface area (Å²) in [5.74, 6) is -0.686. The van der Waals surface area contributed by atoms with Crippen molar-refractivity contribution in [1.82, 2.24) is 0 Å². The Morgan fingerprint density at radius 1 is 1.16 bits per heavy atom. The molecule has 1 unspecified atom stereocenters. The Morgan fingerprint density at radius 2 is 1.79 bits per heavy atom. The second-order valence-corrected chi connectivity index (χ2v) is 4.41. The minimum Gasteiger partial charge on any atom is -0.496 e. The van der Waals surface area contributed by atoms with E-state index in [4.69, 9.17) is 4.74 Å². The first-order valence-corrected chi connectivity index (χ1v) is 6.24. The minimum atomic E-state index is -0.739. The van der Waals surface area contributed by atoms with E-state index in [-0.39, 0.29) is 5.78 Å². The van der Waals surface area contributed by atoms with Crippen molar-refractivity contribution < 1.29 is 19.1 Å². The summed E-state index contributed by atoms with van der Waals surface area (Å²) in [7, 11) is 2.89. The van der Waals surface area contributed by atoms with Gasteiger partial charge in [0.2, 0.25) is 0 Å². The molecule has 0 aliphatic heterocycles. The first-order valence-electron chi connectivity index (χ1n) is 6.24. The van der Waals surface area contributed by atoms with Crippen LogP contribution in [0.3, 0.4) is 0 Å². The zero-order valence-electron chi connectivity index (χ0n) is 12.1. The van der Waals surface area contributed by atoms with Gasteiger partial charge in [0, 0.05) is 5.56 Å². The maximum absolute atomic E-state index is 12.4. The van der Waals surface area contributed by atoms with E-state index >= 15 is 0 Å². The molecule has 0 aliphatic rings. The third kappa shape index (κ3) is 2.95. The van der Waals surface area contributed by atoms with E-state index in [0.29, 0.717) is 12.0 Å².